The van der Waals surface area contributed by atoms with Gasteiger partial charge in [-0.1, -0.05) is 19.3 Å². The molecule has 0 atom stereocenters. The van der Waals surface area contributed by atoms with Crippen LogP contribution in [0.15, 0.2) is 4.99 Å². The lowest BCUT2D eigenvalue weighted by Gasteiger charge is -2.21. The summed E-state index contributed by atoms with van der Waals surface area (Å²) in [6.07, 6.45) is 10.6. The molecule has 0 saturated heterocycles. The number of aryl methyl sites for hydroxylation is 2. The summed E-state index contributed by atoms with van der Waals surface area (Å²) >= 11 is 1.75. The van der Waals surface area contributed by atoms with E-state index in [0.717, 1.165) is 49.2 Å². The highest BCUT2D eigenvalue weighted by molar-refractivity contribution is 7.11. The Kier molecular flexibility index (Phi) is 9.26. The third kappa shape index (κ3) is 7.74. The first kappa shape index (κ1) is 20.2. The number of guanidine groups is 1. The summed E-state index contributed by atoms with van der Waals surface area (Å²) in [4.78, 5) is 10.1. The van der Waals surface area contributed by atoms with Gasteiger partial charge >= 0.3 is 0 Å². The summed E-state index contributed by atoms with van der Waals surface area (Å²) in [6.45, 7) is 6.76. The van der Waals surface area contributed by atoms with Crippen LogP contribution in [0.4, 0.5) is 0 Å². The average molecular weight is 367 g/mol. The molecule has 0 aromatic carbocycles. The molecule has 0 unspecified atom stereocenters. The first-order valence-electron chi connectivity index (χ1n) is 9.68. The van der Waals surface area contributed by atoms with E-state index in [1.54, 1.807) is 11.3 Å². The second kappa shape index (κ2) is 11.5. The van der Waals surface area contributed by atoms with Crippen LogP contribution in [0.5, 0.6) is 0 Å². The van der Waals surface area contributed by atoms with E-state index < -0.39 is 0 Å². The van der Waals surface area contributed by atoms with Crippen LogP contribution >= 0.6 is 11.3 Å². The molecule has 1 aromatic rings. The number of rotatable bonds is 9. The Balaban J connectivity index is 1.49. The van der Waals surface area contributed by atoms with Gasteiger partial charge in [-0.25, -0.2) is 4.98 Å². The van der Waals surface area contributed by atoms with Gasteiger partial charge in [0.15, 0.2) is 5.96 Å². The van der Waals surface area contributed by atoms with Crippen LogP contribution < -0.4 is 10.6 Å². The maximum Gasteiger partial charge on any atom is 0.191 e. The van der Waals surface area contributed by atoms with E-state index in [1.165, 1.54) is 43.4 Å². The van der Waals surface area contributed by atoms with Crippen molar-refractivity contribution in [3.8, 4) is 0 Å². The van der Waals surface area contributed by atoms with Crippen LogP contribution in [0.25, 0.3) is 0 Å². The maximum absolute atomic E-state index is 5.97. The summed E-state index contributed by atoms with van der Waals surface area (Å²) in [5, 5.41) is 7.82. The molecule has 0 amide bonds. The van der Waals surface area contributed by atoms with E-state index in [9.17, 15) is 0 Å². The summed E-state index contributed by atoms with van der Waals surface area (Å²) in [6, 6.07) is 0. The second-order valence-corrected chi connectivity index (χ2v) is 8.08. The number of unbranched alkanes of at least 4 members (excludes halogenated alkanes) is 2. The van der Waals surface area contributed by atoms with Crippen molar-refractivity contribution in [1.82, 2.24) is 15.6 Å². The molecule has 1 aromatic heterocycles. The third-order valence-corrected chi connectivity index (χ3v) is 5.80. The van der Waals surface area contributed by atoms with Crippen molar-refractivity contribution >= 4 is 17.3 Å². The molecule has 1 saturated carbocycles. The van der Waals surface area contributed by atoms with Gasteiger partial charge in [0.2, 0.25) is 0 Å². The molecule has 5 nitrogen and oxygen atoms in total. The summed E-state index contributed by atoms with van der Waals surface area (Å²) in [7, 11) is 1.81. The van der Waals surface area contributed by atoms with Gasteiger partial charge in [0.25, 0.3) is 0 Å². The fourth-order valence-corrected chi connectivity index (χ4v) is 3.96. The van der Waals surface area contributed by atoms with Crippen molar-refractivity contribution in [2.45, 2.75) is 77.9 Å². The number of nitrogens with zero attached hydrogens (tertiary/aromatic N) is 2. The van der Waals surface area contributed by atoms with Gasteiger partial charge in [-0.15, -0.1) is 11.3 Å². The lowest BCUT2D eigenvalue weighted by Crippen LogP contribution is -2.37. The zero-order chi connectivity index (χ0) is 17.9. The minimum Gasteiger partial charge on any atom is -0.378 e. The van der Waals surface area contributed by atoms with Gasteiger partial charge in [0.1, 0.15) is 5.01 Å². The van der Waals surface area contributed by atoms with Crippen LogP contribution in [-0.4, -0.2) is 37.2 Å². The molecular formula is C19H34N4OS. The Labute approximate surface area is 156 Å². The van der Waals surface area contributed by atoms with E-state index in [1.807, 2.05) is 7.05 Å². The fraction of sp³-hybridized carbons (Fsp3) is 0.789. The molecule has 0 bridgehead atoms. The predicted molar refractivity (Wildman–Crippen MR) is 106 cm³/mol. The van der Waals surface area contributed by atoms with Crippen molar-refractivity contribution in [3.05, 3.63) is 15.6 Å². The highest BCUT2D eigenvalue weighted by atomic mass is 32.1. The number of nitrogens with one attached hydrogen (secondary N) is 2. The Morgan fingerprint density at radius 2 is 1.96 bits per heavy atom. The predicted octanol–water partition coefficient (Wildman–Crippen LogP) is 3.94. The SMILES string of the molecule is CN=C(NCCCCCOC1CCCCC1)NCc1nc(C)c(C)s1. The zero-order valence-electron chi connectivity index (χ0n) is 16.1. The molecule has 25 heavy (non-hydrogen) atoms. The first-order chi connectivity index (χ1) is 12.2. The molecule has 142 valence electrons. The van der Waals surface area contributed by atoms with Crippen LogP contribution in [0.1, 0.15) is 66.9 Å². The Morgan fingerprint density at radius 3 is 2.64 bits per heavy atom. The van der Waals surface area contributed by atoms with Crippen LogP contribution in [0.2, 0.25) is 0 Å². The highest BCUT2D eigenvalue weighted by Gasteiger charge is 2.12. The van der Waals surface area contributed by atoms with Gasteiger partial charge < -0.3 is 15.4 Å². The lowest BCUT2D eigenvalue weighted by atomic mass is 9.98. The zero-order valence-corrected chi connectivity index (χ0v) is 16.9. The molecule has 1 aliphatic carbocycles. The van der Waals surface area contributed by atoms with Crippen molar-refractivity contribution in [1.29, 1.82) is 0 Å². The Bertz CT molecular complexity index is 504. The highest BCUT2D eigenvalue weighted by Crippen LogP contribution is 2.20. The smallest absolute Gasteiger partial charge is 0.191 e. The van der Waals surface area contributed by atoms with Crippen molar-refractivity contribution in [3.63, 3.8) is 0 Å². The van der Waals surface area contributed by atoms with Crippen LogP contribution in [-0.2, 0) is 11.3 Å². The normalized spacial score (nSPS) is 16.2. The molecule has 0 spiro atoms. The quantitative estimate of drug-likeness (QED) is 0.395. The number of hydrogen-bond donors (Lipinski definition) is 2. The van der Waals surface area contributed by atoms with E-state index >= 15 is 0 Å². The van der Waals surface area contributed by atoms with Gasteiger partial charge in [-0.05, 0) is 46.0 Å². The molecule has 2 rings (SSSR count). The van der Waals surface area contributed by atoms with E-state index in [0.29, 0.717) is 6.10 Å². The molecule has 2 N–H and O–H groups in total. The summed E-state index contributed by atoms with van der Waals surface area (Å²) < 4.78 is 5.97. The van der Waals surface area contributed by atoms with E-state index in [4.69, 9.17) is 4.74 Å². The van der Waals surface area contributed by atoms with Crippen molar-refractivity contribution in [2.24, 2.45) is 4.99 Å². The van der Waals surface area contributed by atoms with E-state index in [2.05, 4.69) is 34.5 Å². The minimum atomic E-state index is 0.535. The first-order valence-corrected chi connectivity index (χ1v) is 10.5. The number of hydrogen-bond acceptors (Lipinski definition) is 4. The van der Waals surface area contributed by atoms with E-state index in [-0.39, 0.29) is 0 Å². The minimum absolute atomic E-state index is 0.535. The molecule has 1 fully saturated rings. The van der Waals surface area contributed by atoms with Gasteiger partial charge in [-0.3, -0.25) is 4.99 Å². The average Bonchev–Trinajstić information content (AvgIpc) is 2.95. The Morgan fingerprint density at radius 1 is 1.16 bits per heavy atom. The summed E-state index contributed by atoms with van der Waals surface area (Å²) in [5.74, 6) is 0.851. The topological polar surface area (TPSA) is 58.5 Å². The molecule has 1 heterocycles. The monoisotopic (exact) mass is 366 g/mol. The Hall–Kier alpha value is -1.14. The number of thiazole rings is 1. The molecular weight excluding hydrogens is 332 g/mol. The number of aliphatic imine (C=N–C) groups is 1. The van der Waals surface area contributed by atoms with Crippen LogP contribution in [0, 0.1) is 13.8 Å². The third-order valence-electron chi connectivity index (χ3n) is 4.72. The van der Waals surface area contributed by atoms with Gasteiger partial charge in [0.05, 0.1) is 18.3 Å². The van der Waals surface area contributed by atoms with Crippen molar-refractivity contribution in [2.75, 3.05) is 20.2 Å². The number of aromatic nitrogens is 1. The number of ether oxygens (including phenoxy) is 1. The second-order valence-electron chi connectivity index (χ2n) is 6.79. The van der Waals surface area contributed by atoms with Crippen LogP contribution in [0.3, 0.4) is 0 Å². The maximum atomic E-state index is 5.97. The molecule has 0 radical (unpaired) electrons. The molecule has 6 heteroatoms. The molecule has 1 aliphatic rings. The van der Waals surface area contributed by atoms with Gasteiger partial charge in [0, 0.05) is 25.1 Å². The van der Waals surface area contributed by atoms with Gasteiger partial charge in [-0.2, -0.15) is 0 Å². The lowest BCUT2D eigenvalue weighted by molar-refractivity contribution is 0.0264. The molecule has 0 aliphatic heterocycles. The standard InChI is InChI=1S/C19H34N4OS/c1-15-16(2)25-18(23-15)14-22-19(20-3)21-12-8-5-9-13-24-17-10-6-4-7-11-17/h17H,4-14H2,1-3H3,(H2,20,21,22). The largest absolute Gasteiger partial charge is 0.378 e. The summed E-state index contributed by atoms with van der Waals surface area (Å²) in [5.41, 5.74) is 1.13. The van der Waals surface area contributed by atoms with Crippen molar-refractivity contribution < 1.29 is 4.74 Å². The fourth-order valence-electron chi connectivity index (χ4n) is 3.09.